The Morgan fingerprint density at radius 3 is 2.40 bits per heavy atom. The van der Waals surface area contributed by atoms with E-state index in [-0.39, 0.29) is 21.5 Å². The van der Waals surface area contributed by atoms with Gasteiger partial charge in [-0.15, -0.1) is 0 Å². The van der Waals surface area contributed by atoms with E-state index in [2.05, 4.69) is 4.98 Å². The maximum atomic E-state index is 13.7. The topological polar surface area (TPSA) is 43.8 Å². The fraction of sp³-hybridized carbons (Fsp3) is 0. The van der Waals surface area contributed by atoms with Gasteiger partial charge in [-0.05, 0) is 24.3 Å². The Kier molecular flexibility index (Phi) is 3.03. The smallest absolute Gasteiger partial charge is 0.206 e. The highest BCUT2D eigenvalue weighted by Gasteiger charge is 2.15. The number of rotatable bonds is 1. The van der Waals surface area contributed by atoms with Crippen molar-refractivity contribution < 1.29 is 8.78 Å². The van der Waals surface area contributed by atoms with Gasteiger partial charge in [0.1, 0.15) is 5.52 Å². The van der Waals surface area contributed by atoms with Crippen molar-refractivity contribution >= 4 is 40.2 Å². The van der Waals surface area contributed by atoms with Gasteiger partial charge in [0.05, 0.1) is 21.2 Å². The number of benzene rings is 2. The summed E-state index contributed by atoms with van der Waals surface area (Å²) in [6, 6.07) is 7.16. The largest absolute Gasteiger partial charge is 0.369 e. The summed E-state index contributed by atoms with van der Waals surface area (Å²) in [6.45, 7) is 0. The Morgan fingerprint density at radius 1 is 1.10 bits per heavy atom. The van der Waals surface area contributed by atoms with Crippen LogP contribution in [-0.4, -0.2) is 9.55 Å². The molecule has 3 nitrogen and oxygen atoms in total. The molecule has 1 heterocycles. The molecule has 0 saturated carbocycles. The van der Waals surface area contributed by atoms with Crippen LogP contribution >= 0.6 is 23.2 Å². The Morgan fingerprint density at radius 2 is 1.75 bits per heavy atom. The van der Waals surface area contributed by atoms with Crippen LogP contribution in [0.3, 0.4) is 0 Å². The minimum atomic E-state index is -0.716. The molecule has 0 atom stereocenters. The molecule has 0 fully saturated rings. The second kappa shape index (κ2) is 4.61. The van der Waals surface area contributed by atoms with Gasteiger partial charge in [-0.1, -0.05) is 29.3 Å². The van der Waals surface area contributed by atoms with Crippen LogP contribution in [0.4, 0.5) is 14.7 Å². The lowest BCUT2D eigenvalue weighted by atomic mass is 10.2. The summed E-state index contributed by atoms with van der Waals surface area (Å²) in [6.07, 6.45) is 0. The van der Waals surface area contributed by atoms with Crippen LogP contribution in [0.5, 0.6) is 0 Å². The zero-order chi connectivity index (χ0) is 14.4. The first-order valence-electron chi connectivity index (χ1n) is 5.56. The summed E-state index contributed by atoms with van der Waals surface area (Å²) in [4.78, 5) is 3.96. The fourth-order valence-electron chi connectivity index (χ4n) is 2.03. The summed E-state index contributed by atoms with van der Waals surface area (Å²) in [5.41, 5.74) is 6.78. The molecule has 3 aromatic rings. The van der Waals surface area contributed by atoms with E-state index in [4.69, 9.17) is 28.9 Å². The van der Waals surface area contributed by atoms with Crippen molar-refractivity contribution in [2.45, 2.75) is 0 Å². The first-order chi connectivity index (χ1) is 9.49. The molecule has 102 valence electrons. The first-order valence-corrected chi connectivity index (χ1v) is 6.32. The van der Waals surface area contributed by atoms with Gasteiger partial charge in [0.25, 0.3) is 0 Å². The van der Waals surface area contributed by atoms with Crippen LogP contribution in [0, 0.1) is 11.6 Å². The molecular formula is C13H7Cl2F2N3. The molecule has 3 rings (SSSR count). The Bertz CT molecular complexity index is 807. The predicted octanol–water partition coefficient (Wildman–Crippen LogP) is 4.19. The predicted molar refractivity (Wildman–Crippen MR) is 75.4 cm³/mol. The molecule has 0 radical (unpaired) electrons. The number of hydrogen-bond donors (Lipinski definition) is 1. The molecule has 7 heteroatoms. The van der Waals surface area contributed by atoms with Crippen molar-refractivity contribution in [3.05, 3.63) is 52.0 Å². The zero-order valence-electron chi connectivity index (χ0n) is 9.87. The van der Waals surface area contributed by atoms with Crippen LogP contribution < -0.4 is 5.73 Å². The average molecular weight is 314 g/mol. The van der Waals surface area contributed by atoms with Crippen LogP contribution in [0.15, 0.2) is 30.3 Å². The van der Waals surface area contributed by atoms with E-state index in [1.807, 2.05) is 0 Å². The maximum Gasteiger partial charge on any atom is 0.206 e. The van der Waals surface area contributed by atoms with Gasteiger partial charge in [-0.3, -0.25) is 4.57 Å². The van der Waals surface area contributed by atoms with Gasteiger partial charge in [-0.25, -0.2) is 13.8 Å². The van der Waals surface area contributed by atoms with Crippen molar-refractivity contribution in [2.24, 2.45) is 0 Å². The van der Waals surface area contributed by atoms with Gasteiger partial charge in [-0.2, -0.15) is 0 Å². The summed E-state index contributed by atoms with van der Waals surface area (Å²) < 4.78 is 28.6. The van der Waals surface area contributed by atoms with E-state index in [9.17, 15) is 8.78 Å². The molecule has 0 aliphatic carbocycles. The third kappa shape index (κ3) is 1.90. The fourth-order valence-corrected chi connectivity index (χ4v) is 2.50. The number of nitrogens with zero attached hydrogens (tertiary/aromatic N) is 2. The van der Waals surface area contributed by atoms with Gasteiger partial charge in [0.15, 0.2) is 11.6 Å². The van der Waals surface area contributed by atoms with Crippen LogP contribution in [0.1, 0.15) is 0 Å². The van der Waals surface area contributed by atoms with E-state index in [0.29, 0.717) is 11.2 Å². The van der Waals surface area contributed by atoms with E-state index in [1.54, 1.807) is 6.07 Å². The summed E-state index contributed by atoms with van der Waals surface area (Å²) in [7, 11) is 0. The molecule has 1 aromatic heterocycles. The lowest BCUT2D eigenvalue weighted by Gasteiger charge is -2.08. The van der Waals surface area contributed by atoms with Crippen molar-refractivity contribution in [1.82, 2.24) is 9.55 Å². The second-order valence-electron chi connectivity index (χ2n) is 4.14. The number of halogens is 4. The summed E-state index contributed by atoms with van der Waals surface area (Å²) in [5.74, 6) is -1.15. The molecule has 2 aromatic carbocycles. The number of para-hydroxylation sites is 1. The molecule has 0 bridgehead atoms. The Labute approximate surface area is 122 Å². The highest BCUT2D eigenvalue weighted by atomic mass is 35.5. The second-order valence-corrected chi connectivity index (χ2v) is 4.95. The number of anilines is 1. The third-order valence-corrected chi connectivity index (χ3v) is 3.44. The lowest BCUT2D eigenvalue weighted by Crippen LogP contribution is -2.01. The number of nitrogen functional groups attached to an aromatic ring is 1. The molecule has 20 heavy (non-hydrogen) atoms. The summed E-state index contributed by atoms with van der Waals surface area (Å²) >= 11 is 11.5. The summed E-state index contributed by atoms with van der Waals surface area (Å²) in [5, 5.41) is -0.296. The Balaban J connectivity index is 2.35. The number of hydrogen-bond acceptors (Lipinski definition) is 2. The molecule has 0 aliphatic heterocycles. The zero-order valence-corrected chi connectivity index (χ0v) is 11.4. The molecule has 0 amide bonds. The first kappa shape index (κ1) is 13.1. The molecule has 2 N–H and O–H groups in total. The van der Waals surface area contributed by atoms with E-state index < -0.39 is 11.6 Å². The highest BCUT2D eigenvalue weighted by molar-refractivity contribution is 6.35. The van der Waals surface area contributed by atoms with Gasteiger partial charge in [0.2, 0.25) is 5.95 Å². The molecular weight excluding hydrogens is 307 g/mol. The monoisotopic (exact) mass is 313 g/mol. The highest BCUT2D eigenvalue weighted by Crippen LogP contribution is 2.30. The molecule has 0 spiro atoms. The lowest BCUT2D eigenvalue weighted by molar-refractivity contribution is 0.628. The van der Waals surface area contributed by atoms with Crippen molar-refractivity contribution in [3.63, 3.8) is 0 Å². The van der Waals surface area contributed by atoms with Crippen LogP contribution in [0.2, 0.25) is 10.0 Å². The van der Waals surface area contributed by atoms with Crippen LogP contribution in [-0.2, 0) is 0 Å². The number of aromatic nitrogens is 2. The van der Waals surface area contributed by atoms with E-state index in [1.165, 1.54) is 28.8 Å². The molecule has 0 aliphatic rings. The minimum absolute atomic E-state index is 0.0591. The minimum Gasteiger partial charge on any atom is -0.369 e. The van der Waals surface area contributed by atoms with Crippen LogP contribution in [0.25, 0.3) is 16.7 Å². The third-order valence-electron chi connectivity index (χ3n) is 2.89. The quantitative estimate of drug-likeness (QED) is 0.684. The van der Waals surface area contributed by atoms with E-state index in [0.717, 1.165) is 0 Å². The van der Waals surface area contributed by atoms with Gasteiger partial charge >= 0.3 is 0 Å². The molecule has 0 saturated heterocycles. The number of nitrogens with two attached hydrogens (primary N) is 1. The van der Waals surface area contributed by atoms with Crippen molar-refractivity contribution in [1.29, 1.82) is 0 Å². The van der Waals surface area contributed by atoms with E-state index >= 15 is 0 Å². The van der Waals surface area contributed by atoms with Gasteiger partial charge in [0, 0.05) is 0 Å². The van der Waals surface area contributed by atoms with Crippen molar-refractivity contribution in [2.75, 3.05) is 5.73 Å². The number of fused-ring (bicyclic) bond motifs is 1. The van der Waals surface area contributed by atoms with Gasteiger partial charge < -0.3 is 5.73 Å². The maximum absolute atomic E-state index is 13.7. The number of imidazole rings is 1. The SMILES string of the molecule is Nc1nc2c(F)cccc2n1-c1cc(Cl)c(F)c(Cl)c1. The standard InChI is InChI=1S/C13H7Cl2F2N3/c14-7-4-6(5-8(15)11(7)17)20-10-3-1-2-9(16)12(10)19-13(20)18/h1-5H,(H2,18,19). The Hall–Kier alpha value is -1.85. The van der Waals surface area contributed by atoms with Crippen molar-refractivity contribution in [3.8, 4) is 5.69 Å². The molecule has 0 unspecified atom stereocenters. The average Bonchev–Trinajstić information content (AvgIpc) is 2.73. The normalized spacial score (nSPS) is 11.2.